The minimum atomic E-state index is -0.776. The summed E-state index contributed by atoms with van der Waals surface area (Å²) in [5, 5.41) is 9.32. The third-order valence-electron chi connectivity index (χ3n) is 5.91. The van der Waals surface area contributed by atoms with E-state index in [0.29, 0.717) is 12.8 Å². The van der Waals surface area contributed by atoms with Crippen LogP contribution in [0.4, 0.5) is 0 Å². The first-order valence-corrected chi connectivity index (χ1v) is 9.25. The molecule has 0 radical (unpaired) electrons. The number of carbonyl (C=O) groups is 2. The zero-order chi connectivity index (χ0) is 18.3. The molecule has 2 aliphatic carbocycles. The SMILES string of the molecule is CN(C(=O)C1CCCC(C(=O)O)C1)C1c2ccccc2-c2ccccc21. The summed E-state index contributed by atoms with van der Waals surface area (Å²) >= 11 is 0. The molecule has 1 fully saturated rings. The van der Waals surface area contributed by atoms with Gasteiger partial charge in [-0.1, -0.05) is 55.0 Å². The molecule has 0 aliphatic heterocycles. The van der Waals surface area contributed by atoms with Crippen LogP contribution in [0, 0.1) is 11.8 Å². The maximum absolute atomic E-state index is 13.2. The number of rotatable bonds is 3. The highest BCUT2D eigenvalue weighted by atomic mass is 16.4. The van der Waals surface area contributed by atoms with Crippen molar-refractivity contribution in [1.82, 2.24) is 4.90 Å². The Kier molecular flexibility index (Phi) is 4.27. The minimum Gasteiger partial charge on any atom is -0.481 e. The summed E-state index contributed by atoms with van der Waals surface area (Å²) < 4.78 is 0. The summed E-state index contributed by atoms with van der Waals surface area (Å²) in [5.74, 6) is -1.31. The van der Waals surface area contributed by atoms with E-state index < -0.39 is 11.9 Å². The van der Waals surface area contributed by atoms with Gasteiger partial charge in [0.05, 0.1) is 12.0 Å². The monoisotopic (exact) mass is 349 g/mol. The number of nitrogens with zero attached hydrogens (tertiary/aromatic N) is 1. The molecule has 2 atom stereocenters. The molecule has 0 heterocycles. The van der Waals surface area contributed by atoms with Gasteiger partial charge in [-0.3, -0.25) is 9.59 Å². The standard InChI is InChI=1S/C22H23NO3/c1-23(21(24)14-7-6-8-15(13-14)22(25)26)20-18-11-4-2-9-16(18)17-10-3-5-12-19(17)20/h2-5,9-12,14-15,20H,6-8,13H2,1H3,(H,25,26). The van der Waals surface area contributed by atoms with E-state index in [0.717, 1.165) is 24.0 Å². The normalized spacial score (nSPS) is 21.7. The fourth-order valence-electron chi connectivity index (χ4n) is 4.60. The van der Waals surface area contributed by atoms with Gasteiger partial charge in [-0.15, -0.1) is 0 Å². The molecule has 4 rings (SSSR count). The van der Waals surface area contributed by atoms with Gasteiger partial charge < -0.3 is 10.0 Å². The van der Waals surface area contributed by atoms with Gasteiger partial charge in [-0.25, -0.2) is 0 Å². The third-order valence-corrected chi connectivity index (χ3v) is 5.91. The predicted molar refractivity (Wildman–Crippen MR) is 99.6 cm³/mol. The molecule has 2 aromatic rings. The third kappa shape index (κ3) is 2.70. The average molecular weight is 349 g/mol. The molecule has 134 valence electrons. The van der Waals surface area contributed by atoms with E-state index in [4.69, 9.17) is 0 Å². The molecule has 1 saturated carbocycles. The zero-order valence-electron chi connectivity index (χ0n) is 14.9. The van der Waals surface area contributed by atoms with Gasteiger partial charge in [0.1, 0.15) is 0 Å². The van der Waals surface area contributed by atoms with Gasteiger partial charge in [0.25, 0.3) is 0 Å². The molecule has 2 aromatic carbocycles. The quantitative estimate of drug-likeness (QED) is 0.907. The lowest BCUT2D eigenvalue weighted by Crippen LogP contribution is -2.38. The number of amides is 1. The number of fused-ring (bicyclic) bond motifs is 3. The van der Waals surface area contributed by atoms with Crippen molar-refractivity contribution in [1.29, 1.82) is 0 Å². The van der Waals surface area contributed by atoms with Crippen LogP contribution in [0.15, 0.2) is 48.5 Å². The van der Waals surface area contributed by atoms with E-state index >= 15 is 0 Å². The van der Waals surface area contributed by atoms with E-state index in [1.165, 1.54) is 11.1 Å². The second-order valence-corrected chi connectivity index (χ2v) is 7.42. The van der Waals surface area contributed by atoms with Crippen LogP contribution < -0.4 is 0 Å². The molecule has 0 spiro atoms. The number of carboxylic acids is 1. The fraction of sp³-hybridized carbons (Fsp3) is 0.364. The van der Waals surface area contributed by atoms with Gasteiger partial charge >= 0.3 is 5.97 Å². The van der Waals surface area contributed by atoms with Gasteiger partial charge in [-0.05, 0) is 41.5 Å². The predicted octanol–water partition coefficient (Wildman–Crippen LogP) is 4.11. The molecule has 4 nitrogen and oxygen atoms in total. The van der Waals surface area contributed by atoms with Crippen LogP contribution in [0.1, 0.15) is 42.9 Å². The molecule has 0 saturated heterocycles. The molecule has 1 amide bonds. The molecule has 1 N–H and O–H groups in total. The maximum Gasteiger partial charge on any atom is 0.306 e. The van der Waals surface area contributed by atoms with Crippen LogP contribution in [0.3, 0.4) is 0 Å². The Morgan fingerprint density at radius 2 is 1.46 bits per heavy atom. The first kappa shape index (κ1) is 16.8. The van der Waals surface area contributed by atoms with Gasteiger partial charge in [0, 0.05) is 13.0 Å². The van der Waals surface area contributed by atoms with Gasteiger partial charge in [0.15, 0.2) is 0 Å². The molecule has 2 unspecified atom stereocenters. The Bertz CT molecular complexity index is 814. The lowest BCUT2D eigenvalue weighted by atomic mass is 9.80. The van der Waals surface area contributed by atoms with Crippen molar-refractivity contribution in [3.63, 3.8) is 0 Å². The summed E-state index contributed by atoms with van der Waals surface area (Å²) in [7, 11) is 1.86. The lowest BCUT2D eigenvalue weighted by Gasteiger charge is -2.33. The maximum atomic E-state index is 13.2. The first-order valence-electron chi connectivity index (χ1n) is 9.25. The largest absolute Gasteiger partial charge is 0.481 e. The Morgan fingerprint density at radius 1 is 0.923 bits per heavy atom. The van der Waals surface area contributed by atoms with Crippen molar-refractivity contribution in [2.24, 2.45) is 11.8 Å². The smallest absolute Gasteiger partial charge is 0.306 e. The lowest BCUT2D eigenvalue weighted by molar-refractivity contribution is -0.145. The number of aliphatic carboxylic acids is 1. The van der Waals surface area contributed by atoms with Crippen LogP contribution >= 0.6 is 0 Å². The van der Waals surface area contributed by atoms with Gasteiger partial charge in [-0.2, -0.15) is 0 Å². The molecule has 0 bridgehead atoms. The van der Waals surface area contributed by atoms with Crippen LogP contribution in [-0.4, -0.2) is 28.9 Å². The van der Waals surface area contributed by atoms with Crippen LogP contribution in [-0.2, 0) is 9.59 Å². The van der Waals surface area contributed by atoms with Crippen molar-refractivity contribution in [2.75, 3.05) is 7.05 Å². The van der Waals surface area contributed by atoms with E-state index in [9.17, 15) is 14.7 Å². The second-order valence-electron chi connectivity index (χ2n) is 7.42. The van der Waals surface area contributed by atoms with E-state index in [1.807, 2.05) is 36.2 Å². The Balaban J connectivity index is 1.65. The molecular weight excluding hydrogens is 326 g/mol. The summed E-state index contributed by atoms with van der Waals surface area (Å²) in [5.41, 5.74) is 4.66. The topological polar surface area (TPSA) is 57.6 Å². The Labute approximate surface area is 153 Å². The minimum absolute atomic E-state index is 0.0625. The van der Waals surface area contributed by atoms with Crippen molar-refractivity contribution in [3.05, 3.63) is 59.7 Å². The number of carboxylic acid groups (broad SMARTS) is 1. The average Bonchev–Trinajstić information content (AvgIpc) is 3.01. The van der Waals surface area contributed by atoms with Crippen molar-refractivity contribution in [2.45, 2.75) is 31.7 Å². The zero-order valence-corrected chi connectivity index (χ0v) is 14.9. The Morgan fingerprint density at radius 3 is 2.04 bits per heavy atom. The number of carbonyl (C=O) groups excluding carboxylic acids is 1. The highest BCUT2D eigenvalue weighted by Gasteiger charge is 2.38. The molecule has 2 aliphatic rings. The van der Waals surface area contributed by atoms with Crippen molar-refractivity contribution in [3.8, 4) is 11.1 Å². The Hall–Kier alpha value is -2.62. The van der Waals surface area contributed by atoms with E-state index in [-0.39, 0.29) is 17.9 Å². The molecule has 0 aromatic heterocycles. The summed E-state index contributed by atoms with van der Waals surface area (Å²) in [6.07, 6.45) is 2.72. The second kappa shape index (κ2) is 6.60. The fourth-order valence-corrected chi connectivity index (χ4v) is 4.60. The van der Waals surface area contributed by atoms with E-state index in [1.54, 1.807) is 0 Å². The van der Waals surface area contributed by atoms with Gasteiger partial charge in [0.2, 0.25) is 5.91 Å². The first-order chi connectivity index (χ1) is 12.6. The van der Waals surface area contributed by atoms with E-state index in [2.05, 4.69) is 24.3 Å². The summed E-state index contributed by atoms with van der Waals surface area (Å²) in [4.78, 5) is 26.4. The molecular formula is C22H23NO3. The van der Waals surface area contributed by atoms with Crippen molar-refractivity contribution >= 4 is 11.9 Å². The highest BCUT2D eigenvalue weighted by Crippen LogP contribution is 2.46. The number of hydrogen-bond acceptors (Lipinski definition) is 2. The van der Waals surface area contributed by atoms with Crippen LogP contribution in [0.2, 0.25) is 0 Å². The number of hydrogen-bond donors (Lipinski definition) is 1. The summed E-state index contributed by atoms with van der Waals surface area (Å²) in [6, 6.07) is 16.4. The molecule has 4 heteroatoms. The van der Waals surface area contributed by atoms with Crippen LogP contribution in [0.25, 0.3) is 11.1 Å². The van der Waals surface area contributed by atoms with Crippen LogP contribution in [0.5, 0.6) is 0 Å². The number of benzene rings is 2. The summed E-state index contributed by atoms with van der Waals surface area (Å²) in [6.45, 7) is 0. The highest BCUT2D eigenvalue weighted by molar-refractivity contribution is 5.85. The van der Waals surface area contributed by atoms with Crippen molar-refractivity contribution < 1.29 is 14.7 Å². The molecule has 26 heavy (non-hydrogen) atoms.